The van der Waals surface area contributed by atoms with Crippen molar-refractivity contribution in [1.82, 2.24) is 24.5 Å². The van der Waals surface area contributed by atoms with Crippen LogP contribution in [0.1, 0.15) is 38.1 Å². The molecule has 3 N–H and O–H groups in total. The number of nitrogens with two attached hydrogens (primary N) is 1. The van der Waals surface area contributed by atoms with Crippen LogP contribution < -0.4 is 16.2 Å². The summed E-state index contributed by atoms with van der Waals surface area (Å²) >= 11 is 0. The molecule has 1 aliphatic heterocycles. The van der Waals surface area contributed by atoms with Gasteiger partial charge >= 0.3 is 0 Å². The predicted molar refractivity (Wildman–Crippen MR) is 119 cm³/mol. The highest BCUT2D eigenvalue weighted by atomic mass is 16.5. The third kappa shape index (κ3) is 3.05. The standard InChI is InChI=1S/C22H29N7O2/c1-27-17(28-8-7-14(10-28)31-2)9-16(26-27)15-11-29(20(12-3-4-12)13-5-6-13)22(30)18-19(15)24-25-21(18)23/h9,11-14,20H,3-8,10H2,1-2H3,(H3,23,24,25)/t14-/m1/s1. The molecule has 6 rings (SSSR count). The SMILES string of the molecule is CO[C@@H]1CCN(c2cc(-c3cn(C(C4CC4)C4CC4)c(=O)c4c(N)n[nH]c34)nn2C)C1. The summed E-state index contributed by atoms with van der Waals surface area (Å²) in [5.74, 6) is 2.51. The van der Waals surface area contributed by atoms with Gasteiger partial charge in [0.2, 0.25) is 0 Å². The lowest BCUT2D eigenvalue weighted by atomic mass is 10.0. The van der Waals surface area contributed by atoms with E-state index < -0.39 is 0 Å². The third-order valence-electron chi connectivity index (χ3n) is 7.24. The van der Waals surface area contributed by atoms with Gasteiger partial charge in [-0.25, -0.2) is 0 Å². The first kappa shape index (κ1) is 18.9. The van der Waals surface area contributed by atoms with Gasteiger partial charge in [-0.3, -0.25) is 14.6 Å². The second-order valence-corrected chi connectivity index (χ2v) is 9.38. The van der Waals surface area contributed by atoms with Crippen LogP contribution in [0.3, 0.4) is 0 Å². The third-order valence-corrected chi connectivity index (χ3v) is 7.24. The first-order valence-corrected chi connectivity index (χ1v) is 11.3. The van der Waals surface area contributed by atoms with Crippen molar-refractivity contribution < 1.29 is 4.74 Å². The number of ether oxygens (including phenoxy) is 1. The fraction of sp³-hybridized carbons (Fsp3) is 0.591. The summed E-state index contributed by atoms with van der Waals surface area (Å²) in [6.45, 7) is 1.79. The lowest BCUT2D eigenvalue weighted by Crippen LogP contribution is -2.27. The van der Waals surface area contributed by atoms with Crippen LogP contribution in [0.4, 0.5) is 11.6 Å². The Kier molecular flexibility index (Phi) is 4.18. The van der Waals surface area contributed by atoms with Crippen LogP contribution in [0.25, 0.3) is 22.2 Å². The van der Waals surface area contributed by atoms with Crippen molar-refractivity contribution >= 4 is 22.5 Å². The van der Waals surface area contributed by atoms with Crippen LogP contribution in [0.2, 0.25) is 0 Å². The summed E-state index contributed by atoms with van der Waals surface area (Å²) in [4.78, 5) is 15.7. The molecule has 9 nitrogen and oxygen atoms in total. The number of nitrogens with one attached hydrogen (secondary N) is 1. The monoisotopic (exact) mass is 423 g/mol. The molecule has 2 saturated carbocycles. The Morgan fingerprint density at radius 1 is 1.23 bits per heavy atom. The van der Waals surface area contributed by atoms with Gasteiger partial charge in [-0.1, -0.05) is 0 Å². The Morgan fingerprint density at radius 3 is 2.61 bits per heavy atom. The Hall–Kier alpha value is -2.81. The second kappa shape index (κ2) is 6.85. The van der Waals surface area contributed by atoms with Crippen LogP contribution in [0.5, 0.6) is 0 Å². The lowest BCUT2D eigenvalue weighted by Gasteiger charge is -2.20. The van der Waals surface area contributed by atoms with Gasteiger partial charge in [0.1, 0.15) is 11.2 Å². The predicted octanol–water partition coefficient (Wildman–Crippen LogP) is 2.29. The fourth-order valence-corrected chi connectivity index (χ4v) is 5.30. The molecule has 9 heteroatoms. The number of aryl methyl sites for hydroxylation is 1. The summed E-state index contributed by atoms with van der Waals surface area (Å²) in [5.41, 5.74) is 8.48. The average Bonchev–Trinajstić information content (AvgIpc) is 3.66. The highest BCUT2D eigenvalue weighted by Crippen LogP contribution is 2.52. The maximum Gasteiger partial charge on any atom is 0.264 e. The van der Waals surface area contributed by atoms with Crippen LogP contribution in [-0.4, -0.2) is 50.8 Å². The summed E-state index contributed by atoms with van der Waals surface area (Å²) in [6, 6.07) is 2.36. The molecule has 4 heterocycles. The van der Waals surface area contributed by atoms with E-state index in [-0.39, 0.29) is 23.5 Å². The molecule has 0 bridgehead atoms. The quantitative estimate of drug-likeness (QED) is 0.630. The maximum atomic E-state index is 13.4. The number of aromatic nitrogens is 5. The van der Waals surface area contributed by atoms with E-state index in [1.807, 2.05) is 22.5 Å². The molecule has 2 aliphatic carbocycles. The Morgan fingerprint density at radius 2 is 1.97 bits per heavy atom. The molecule has 0 aromatic carbocycles. The van der Waals surface area contributed by atoms with Crippen molar-refractivity contribution in [2.24, 2.45) is 18.9 Å². The Labute approximate surface area is 180 Å². The zero-order valence-electron chi connectivity index (χ0n) is 18.0. The number of methoxy groups -OCH3 is 1. The van der Waals surface area contributed by atoms with E-state index in [4.69, 9.17) is 15.6 Å². The second-order valence-electron chi connectivity index (χ2n) is 9.38. The molecule has 3 aromatic heterocycles. The van der Waals surface area contributed by atoms with Crippen molar-refractivity contribution in [2.75, 3.05) is 30.8 Å². The summed E-state index contributed by atoms with van der Waals surface area (Å²) in [6.07, 6.45) is 8.05. The number of hydrogen-bond acceptors (Lipinski definition) is 6. The van der Waals surface area contributed by atoms with Gasteiger partial charge in [0.05, 0.1) is 17.3 Å². The van der Waals surface area contributed by atoms with Crippen LogP contribution in [0.15, 0.2) is 17.1 Å². The number of nitrogen functional groups attached to an aromatic ring is 1. The molecule has 164 valence electrons. The number of pyridine rings is 1. The molecule has 1 atom stereocenters. The zero-order valence-corrected chi connectivity index (χ0v) is 18.0. The molecule has 1 saturated heterocycles. The lowest BCUT2D eigenvalue weighted by molar-refractivity contribution is 0.121. The number of rotatable bonds is 6. The minimum atomic E-state index is -0.0348. The highest BCUT2D eigenvalue weighted by Gasteiger charge is 2.43. The number of fused-ring (bicyclic) bond motifs is 1. The molecular formula is C22H29N7O2. The maximum absolute atomic E-state index is 13.4. The molecule has 3 fully saturated rings. The number of nitrogens with zero attached hydrogens (tertiary/aromatic N) is 5. The molecular weight excluding hydrogens is 394 g/mol. The van der Waals surface area contributed by atoms with Crippen molar-refractivity contribution in [1.29, 1.82) is 0 Å². The van der Waals surface area contributed by atoms with Crippen molar-refractivity contribution in [3.05, 3.63) is 22.6 Å². The van der Waals surface area contributed by atoms with Crippen LogP contribution in [-0.2, 0) is 11.8 Å². The van der Waals surface area contributed by atoms with E-state index in [0.29, 0.717) is 22.7 Å². The summed E-state index contributed by atoms with van der Waals surface area (Å²) < 4.78 is 9.39. The van der Waals surface area contributed by atoms with E-state index >= 15 is 0 Å². The minimum absolute atomic E-state index is 0.0348. The smallest absolute Gasteiger partial charge is 0.264 e. The van der Waals surface area contributed by atoms with Gasteiger partial charge in [0, 0.05) is 51.1 Å². The summed E-state index contributed by atoms with van der Waals surface area (Å²) in [5, 5.41) is 12.5. The first-order valence-electron chi connectivity index (χ1n) is 11.3. The van der Waals surface area contributed by atoms with Gasteiger partial charge in [0.15, 0.2) is 5.82 Å². The molecule has 31 heavy (non-hydrogen) atoms. The molecule has 0 spiro atoms. The fourth-order valence-electron chi connectivity index (χ4n) is 5.30. The number of aromatic amines is 1. The molecule has 0 amide bonds. The van der Waals surface area contributed by atoms with Gasteiger partial charge in [-0.15, -0.1) is 0 Å². The van der Waals surface area contributed by atoms with Crippen LogP contribution >= 0.6 is 0 Å². The zero-order chi connectivity index (χ0) is 21.3. The molecule has 3 aromatic rings. The van der Waals surface area contributed by atoms with Gasteiger partial charge in [-0.05, 0) is 43.9 Å². The Bertz CT molecular complexity index is 1190. The minimum Gasteiger partial charge on any atom is -0.382 e. The summed E-state index contributed by atoms with van der Waals surface area (Å²) in [7, 11) is 3.73. The average molecular weight is 424 g/mol. The number of H-pyrrole nitrogens is 1. The molecule has 0 radical (unpaired) electrons. The first-order chi connectivity index (χ1) is 15.0. The van der Waals surface area contributed by atoms with Gasteiger partial charge < -0.3 is 19.9 Å². The van der Waals surface area contributed by atoms with Crippen molar-refractivity contribution in [3.63, 3.8) is 0 Å². The number of hydrogen-bond donors (Lipinski definition) is 2. The van der Waals surface area contributed by atoms with E-state index in [1.165, 1.54) is 25.7 Å². The Balaban J connectivity index is 1.48. The van der Waals surface area contributed by atoms with E-state index in [9.17, 15) is 4.79 Å². The topological polar surface area (TPSA) is 107 Å². The molecule has 3 aliphatic rings. The van der Waals surface area contributed by atoms with Gasteiger partial charge in [-0.2, -0.15) is 10.2 Å². The van der Waals surface area contributed by atoms with Gasteiger partial charge in [0.25, 0.3) is 5.56 Å². The normalized spacial score (nSPS) is 21.6. The van der Waals surface area contributed by atoms with Crippen LogP contribution in [0, 0.1) is 11.8 Å². The molecule has 0 unspecified atom stereocenters. The van der Waals surface area contributed by atoms with E-state index in [0.717, 1.165) is 36.6 Å². The largest absolute Gasteiger partial charge is 0.382 e. The van der Waals surface area contributed by atoms with Crippen molar-refractivity contribution in [3.8, 4) is 11.3 Å². The van der Waals surface area contributed by atoms with E-state index in [2.05, 4.69) is 21.2 Å². The number of anilines is 2. The highest BCUT2D eigenvalue weighted by molar-refractivity contribution is 5.97. The van der Waals surface area contributed by atoms with Crippen molar-refractivity contribution in [2.45, 2.75) is 44.2 Å². The van der Waals surface area contributed by atoms with E-state index in [1.54, 1.807) is 7.11 Å².